The number of likely N-dealkylation sites (tertiary alicyclic amines) is 1. The van der Waals surface area contributed by atoms with Crippen LogP contribution in [0.5, 0.6) is 0 Å². The molecule has 0 radical (unpaired) electrons. The maximum Gasteiger partial charge on any atom is 0.229 e. The number of rotatable bonds is 5. The Balaban J connectivity index is 1.35. The van der Waals surface area contributed by atoms with Crippen molar-refractivity contribution in [3.05, 3.63) is 41.5 Å². The minimum Gasteiger partial charge on any atom is -0.342 e. The first-order valence-electron chi connectivity index (χ1n) is 9.56. The molecule has 1 aromatic carbocycles. The van der Waals surface area contributed by atoms with E-state index in [-0.39, 0.29) is 17.7 Å². The molecular formula is C20H24N4O3. The minimum atomic E-state index is -0.107. The minimum absolute atomic E-state index is 0.107. The van der Waals surface area contributed by atoms with Crippen LogP contribution in [0.4, 0.5) is 5.69 Å². The van der Waals surface area contributed by atoms with Crippen molar-refractivity contribution >= 4 is 17.5 Å². The lowest BCUT2D eigenvalue weighted by molar-refractivity contribution is -0.131. The average molecular weight is 368 g/mol. The Hall–Kier alpha value is -2.70. The van der Waals surface area contributed by atoms with Gasteiger partial charge >= 0.3 is 0 Å². The van der Waals surface area contributed by atoms with Gasteiger partial charge in [-0.25, -0.2) is 0 Å². The first kappa shape index (κ1) is 17.7. The van der Waals surface area contributed by atoms with Gasteiger partial charge in [-0.3, -0.25) is 9.59 Å². The summed E-state index contributed by atoms with van der Waals surface area (Å²) in [6, 6.07) is 7.40. The fourth-order valence-electron chi connectivity index (χ4n) is 3.52. The van der Waals surface area contributed by atoms with Crippen molar-refractivity contribution in [2.75, 3.05) is 18.4 Å². The molecule has 2 fully saturated rings. The third kappa shape index (κ3) is 4.35. The second kappa shape index (κ2) is 7.50. The number of carbonyl (C=O) groups is 2. The SMILES string of the molecule is CC(=O)Nc1ccc(CC(=O)N2CCCC(c3noc(C4CC4)n3)C2)cc1. The molecule has 2 amide bonds. The summed E-state index contributed by atoms with van der Waals surface area (Å²) in [5.74, 6) is 2.11. The van der Waals surface area contributed by atoms with Crippen LogP contribution in [0.3, 0.4) is 0 Å². The Labute approximate surface area is 158 Å². The van der Waals surface area contributed by atoms with Gasteiger partial charge in [-0.1, -0.05) is 17.3 Å². The van der Waals surface area contributed by atoms with E-state index in [2.05, 4.69) is 15.5 Å². The van der Waals surface area contributed by atoms with Gasteiger partial charge < -0.3 is 14.7 Å². The van der Waals surface area contributed by atoms with Gasteiger partial charge in [-0.15, -0.1) is 0 Å². The first-order valence-corrected chi connectivity index (χ1v) is 9.56. The summed E-state index contributed by atoms with van der Waals surface area (Å²) in [6.45, 7) is 2.89. The van der Waals surface area contributed by atoms with Gasteiger partial charge in [-0.2, -0.15) is 4.98 Å². The van der Waals surface area contributed by atoms with Crippen molar-refractivity contribution in [3.8, 4) is 0 Å². The van der Waals surface area contributed by atoms with Crippen molar-refractivity contribution < 1.29 is 14.1 Å². The van der Waals surface area contributed by atoms with Crippen LogP contribution >= 0.6 is 0 Å². The third-order valence-electron chi connectivity index (χ3n) is 5.15. The van der Waals surface area contributed by atoms with Gasteiger partial charge in [0.1, 0.15) is 0 Å². The van der Waals surface area contributed by atoms with Crippen LogP contribution in [0.25, 0.3) is 0 Å². The normalized spacial score (nSPS) is 19.7. The zero-order chi connectivity index (χ0) is 18.8. The predicted molar refractivity (Wildman–Crippen MR) is 99.3 cm³/mol. The third-order valence-corrected chi connectivity index (χ3v) is 5.15. The molecule has 1 aliphatic carbocycles. The number of anilines is 1. The quantitative estimate of drug-likeness (QED) is 0.877. The van der Waals surface area contributed by atoms with E-state index in [4.69, 9.17) is 4.52 Å². The van der Waals surface area contributed by atoms with Crippen molar-refractivity contribution in [1.29, 1.82) is 0 Å². The molecular weight excluding hydrogens is 344 g/mol. The molecule has 1 aromatic heterocycles. The van der Waals surface area contributed by atoms with E-state index in [9.17, 15) is 9.59 Å². The van der Waals surface area contributed by atoms with E-state index >= 15 is 0 Å². The number of benzene rings is 1. The van der Waals surface area contributed by atoms with E-state index in [1.54, 1.807) is 0 Å². The fourth-order valence-corrected chi connectivity index (χ4v) is 3.52. The number of nitrogens with zero attached hydrogens (tertiary/aromatic N) is 3. The number of aromatic nitrogens is 2. The van der Waals surface area contributed by atoms with Crippen LogP contribution < -0.4 is 5.32 Å². The summed E-state index contributed by atoms with van der Waals surface area (Å²) < 4.78 is 5.38. The highest BCUT2D eigenvalue weighted by atomic mass is 16.5. The van der Waals surface area contributed by atoms with E-state index in [0.717, 1.165) is 55.2 Å². The molecule has 1 N–H and O–H groups in total. The van der Waals surface area contributed by atoms with Crippen molar-refractivity contribution in [3.63, 3.8) is 0 Å². The monoisotopic (exact) mass is 368 g/mol. The highest BCUT2D eigenvalue weighted by Crippen LogP contribution is 2.39. The summed E-state index contributed by atoms with van der Waals surface area (Å²) in [5, 5.41) is 6.88. The van der Waals surface area contributed by atoms with Crippen LogP contribution in [-0.2, 0) is 16.0 Å². The van der Waals surface area contributed by atoms with Crippen LogP contribution in [0.15, 0.2) is 28.8 Å². The number of piperidine rings is 1. The maximum absolute atomic E-state index is 12.7. The van der Waals surface area contributed by atoms with Gasteiger partial charge in [-0.05, 0) is 43.4 Å². The molecule has 1 atom stereocenters. The molecule has 1 saturated carbocycles. The Kier molecular flexibility index (Phi) is 4.92. The lowest BCUT2D eigenvalue weighted by atomic mass is 9.96. The molecule has 27 heavy (non-hydrogen) atoms. The molecule has 7 heteroatoms. The molecule has 0 spiro atoms. The van der Waals surface area contributed by atoms with E-state index < -0.39 is 0 Å². The topological polar surface area (TPSA) is 88.3 Å². The first-order chi connectivity index (χ1) is 13.1. The van der Waals surface area contributed by atoms with Gasteiger partial charge in [0.05, 0.1) is 6.42 Å². The Morgan fingerprint density at radius 2 is 1.96 bits per heavy atom. The molecule has 0 bridgehead atoms. The number of hydrogen-bond donors (Lipinski definition) is 1. The smallest absolute Gasteiger partial charge is 0.229 e. The lowest BCUT2D eigenvalue weighted by Crippen LogP contribution is -2.40. The number of nitrogens with one attached hydrogen (secondary N) is 1. The van der Waals surface area contributed by atoms with Crippen molar-refractivity contribution in [2.24, 2.45) is 0 Å². The van der Waals surface area contributed by atoms with Crippen LogP contribution in [0.1, 0.15) is 61.7 Å². The van der Waals surface area contributed by atoms with Gasteiger partial charge in [0.15, 0.2) is 5.82 Å². The van der Waals surface area contributed by atoms with Gasteiger partial charge in [0.25, 0.3) is 0 Å². The summed E-state index contributed by atoms with van der Waals surface area (Å²) >= 11 is 0. The highest BCUT2D eigenvalue weighted by molar-refractivity contribution is 5.88. The zero-order valence-corrected chi connectivity index (χ0v) is 15.5. The van der Waals surface area contributed by atoms with E-state index in [1.807, 2.05) is 29.2 Å². The van der Waals surface area contributed by atoms with Crippen LogP contribution in [0.2, 0.25) is 0 Å². The van der Waals surface area contributed by atoms with Gasteiger partial charge in [0, 0.05) is 37.5 Å². The Morgan fingerprint density at radius 1 is 1.19 bits per heavy atom. The molecule has 2 heterocycles. The second-order valence-corrected chi connectivity index (χ2v) is 7.50. The standard InChI is InChI=1S/C20H24N4O3/c1-13(25)21-17-8-4-14(5-9-17)11-18(26)24-10-2-3-16(12-24)19-22-20(27-23-19)15-6-7-15/h4-5,8-9,15-16H,2-3,6-7,10-12H2,1H3,(H,21,25). The number of carbonyl (C=O) groups excluding carboxylic acids is 2. The molecule has 1 saturated heterocycles. The summed E-state index contributed by atoms with van der Waals surface area (Å²) in [5.41, 5.74) is 1.67. The largest absolute Gasteiger partial charge is 0.342 e. The second-order valence-electron chi connectivity index (χ2n) is 7.50. The van der Waals surface area contributed by atoms with Crippen molar-refractivity contribution in [1.82, 2.24) is 15.0 Å². The maximum atomic E-state index is 12.7. The van der Waals surface area contributed by atoms with E-state index in [0.29, 0.717) is 18.9 Å². The van der Waals surface area contributed by atoms with Crippen LogP contribution in [0, 0.1) is 0 Å². The number of hydrogen-bond acceptors (Lipinski definition) is 5. The van der Waals surface area contributed by atoms with Crippen molar-refractivity contribution in [2.45, 2.75) is 50.9 Å². The predicted octanol–water partition coefficient (Wildman–Crippen LogP) is 2.85. The summed E-state index contributed by atoms with van der Waals surface area (Å²) in [4.78, 5) is 30.3. The highest BCUT2D eigenvalue weighted by Gasteiger charge is 2.32. The summed E-state index contributed by atoms with van der Waals surface area (Å²) in [7, 11) is 0. The van der Waals surface area contributed by atoms with Crippen LogP contribution in [-0.4, -0.2) is 39.9 Å². The summed E-state index contributed by atoms with van der Waals surface area (Å²) in [6.07, 6.45) is 4.56. The van der Waals surface area contributed by atoms with E-state index in [1.165, 1.54) is 6.92 Å². The fraction of sp³-hybridized carbons (Fsp3) is 0.500. The molecule has 1 aliphatic heterocycles. The number of amides is 2. The zero-order valence-electron chi connectivity index (χ0n) is 15.5. The molecule has 7 nitrogen and oxygen atoms in total. The van der Waals surface area contributed by atoms with Gasteiger partial charge in [0.2, 0.25) is 17.7 Å². The molecule has 1 unspecified atom stereocenters. The molecule has 4 rings (SSSR count). The average Bonchev–Trinajstić information content (AvgIpc) is 3.40. The molecule has 142 valence electrons. The Bertz CT molecular complexity index is 826. The molecule has 2 aromatic rings. The molecule has 2 aliphatic rings. The Morgan fingerprint density at radius 3 is 2.67 bits per heavy atom. The lowest BCUT2D eigenvalue weighted by Gasteiger charge is -2.31.